The van der Waals surface area contributed by atoms with Gasteiger partial charge in [0.2, 0.25) is 5.91 Å². The molecule has 2 heterocycles. The zero-order valence-corrected chi connectivity index (χ0v) is 14.0. The Morgan fingerprint density at radius 2 is 1.96 bits per heavy atom. The molecule has 2 aromatic rings. The monoisotopic (exact) mass is 345 g/mol. The molecule has 0 spiro atoms. The molecule has 0 aliphatic carbocycles. The van der Waals surface area contributed by atoms with Crippen molar-refractivity contribution in [3.63, 3.8) is 0 Å². The normalized spacial score (nSPS) is 20.6. The van der Waals surface area contributed by atoms with Gasteiger partial charge in [-0.2, -0.15) is 5.10 Å². The number of carbonyl (C=O) groups is 2. The van der Waals surface area contributed by atoms with E-state index in [1.807, 2.05) is 0 Å². The van der Waals surface area contributed by atoms with E-state index in [0.29, 0.717) is 23.0 Å². The number of fused-ring (bicyclic) bond motifs is 1. The summed E-state index contributed by atoms with van der Waals surface area (Å²) in [7, 11) is 1.54. The van der Waals surface area contributed by atoms with Crippen LogP contribution < -0.4 is 5.56 Å². The van der Waals surface area contributed by atoms with Crippen LogP contribution in [0.15, 0.2) is 29.1 Å². The number of aryl methyl sites for hydroxylation is 1. The van der Waals surface area contributed by atoms with Crippen molar-refractivity contribution in [3.8, 4) is 0 Å². The third-order valence-corrected chi connectivity index (χ3v) is 4.24. The standard InChI is InChI=1S/C17H19N3O5/c1-10-8-20(9-14(25-10)17(23)24)15(21)7-13-11-5-3-4-6-12(11)16(22)19(2)18-13/h3-6,10,14H,7-9H2,1-2H3,(H,23,24)/t10-,14?/m1/s1. The molecule has 8 nitrogen and oxygen atoms in total. The van der Waals surface area contributed by atoms with Crippen molar-refractivity contribution in [1.82, 2.24) is 14.7 Å². The van der Waals surface area contributed by atoms with Crippen LogP contribution in [0.5, 0.6) is 0 Å². The number of rotatable bonds is 3. The first kappa shape index (κ1) is 17.1. The Labute approximate surface area is 143 Å². The highest BCUT2D eigenvalue weighted by Gasteiger charge is 2.32. The predicted octanol–water partition coefficient (Wildman–Crippen LogP) is 0.176. The van der Waals surface area contributed by atoms with Crippen molar-refractivity contribution in [2.24, 2.45) is 7.05 Å². The average Bonchev–Trinajstić information content (AvgIpc) is 2.58. The molecule has 0 radical (unpaired) electrons. The topological polar surface area (TPSA) is 102 Å². The molecule has 25 heavy (non-hydrogen) atoms. The molecule has 1 aromatic heterocycles. The Balaban J connectivity index is 1.88. The molecule has 8 heteroatoms. The number of hydrogen-bond donors (Lipinski definition) is 1. The van der Waals surface area contributed by atoms with Gasteiger partial charge in [0, 0.05) is 19.0 Å². The van der Waals surface area contributed by atoms with Gasteiger partial charge < -0.3 is 14.7 Å². The third kappa shape index (κ3) is 3.39. The lowest BCUT2D eigenvalue weighted by molar-refractivity contribution is -0.166. The summed E-state index contributed by atoms with van der Waals surface area (Å²) in [6.45, 7) is 2.06. The van der Waals surface area contributed by atoms with Crippen molar-refractivity contribution in [3.05, 3.63) is 40.3 Å². The molecular formula is C17H19N3O5. The largest absolute Gasteiger partial charge is 0.479 e. The van der Waals surface area contributed by atoms with Crippen LogP contribution in [-0.4, -0.2) is 57.0 Å². The van der Waals surface area contributed by atoms with Crippen LogP contribution in [0.4, 0.5) is 0 Å². The zero-order chi connectivity index (χ0) is 18.1. The van der Waals surface area contributed by atoms with Gasteiger partial charge in [-0.1, -0.05) is 18.2 Å². The van der Waals surface area contributed by atoms with Crippen molar-refractivity contribution in [1.29, 1.82) is 0 Å². The quantitative estimate of drug-likeness (QED) is 0.851. The smallest absolute Gasteiger partial charge is 0.334 e. The lowest BCUT2D eigenvalue weighted by Gasteiger charge is -2.35. The number of ether oxygens (including phenoxy) is 1. The molecule has 0 saturated carbocycles. The number of nitrogens with zero attached hydrogens (tertiary/aromatic N) is 3. The lowest BCUT2D eigenvalue weighted by atomic mass is 10.1. The minimum absolute atomic E-state index is 0.00219. The van der Waals surface area contributed by atoms with Crippen molar-refractivity contribution < 1.29 is 19.4 Å². The number of hydrogen-bond acceptors (Lipinski definition) is 5. The second kappa shape index (κ2) is 6.64. The van der Waals surface area contributed by atoms with E-state index < -0.39 is 12.1 Å². The Kier molecular flexibility index (Phi) is 4.54. The minimum Gasteiger partial charge on any atom is -0.479 e. The van der Waals surface area contributed by atoms with Crippen LogP contribution in [-0.2, 0) is 27.8 Å². The van der Waals surface area contributed by atoms with Crippen LogP contribution in [0.3, 0.4) is 0 Å². The number of carboxylic acid groups (broad SMARTS) is 1. The minimum atomic E-state index is -1.09. The molecule has 1 aliphatic rings. The first-order valence-corrected chi connectivity index (χ1v) is 7.97. The molecule has 1 amide bonds. The maximum absolute atomic E-state index is 12.7. The third-order valence-electron chi connectivity index (χ3n) is 4.24. The summed E-state index contributed by atoms with van der Waals surface area (Å²) in [6, 6.07) is 7.00. The summed E-state index contributed by atoms with van der Waals surface area (Å²) in [5.74, 6) is -1.33. The van der Waals surface area contributed by atoms with Crippen LogP contribution in [0.25, 0.3) is 10.8 Å². The fourth-order valence-corrected chi connectivity index (χ4v) is 3.05. The van der Waals surface area contributed by atoms with E-state index in [4.69, 9.17) is 9.84 Å². The summed E-state index contributed by atoms with van der Waals surface area (Å²) in [6.07, 6.45) is -1.39. The summed E-state index contributed by atoms with van der Waals surface area (Å²) in [5, 5.41) is 14.5. The Morgan fingerprint density at radius 3 is 2.64 bits per heavy atom. The molecule has 1 aliphatic heterocycles. The number of carbonyl (C=O) groups excluding carboxylic acids is 1. The van der Waals surface area contributed by atoms with Gasteiger partial charge in [-0.15, -0.1) is 0 Å². The van der Waals surface area contributed by atoms with Gasteiger partial charge >= 0.3 is 5.97 Å². The maximum atomic E-state index is 12.7. The summed E-state index contributed by atoms with van der Waals surface area (Å²) in [5.41, 5.74) is 0.270. The van der Waals surface area contributed by atoms with Crippen molar-refractivity contribution in [2.45, 2.75) is 25.6 Å². The van der Waals surface area contributed by atoms with E-state index in [9.17, 15) is 14.4 Å². The van der Waals surface area contributed by atoms with Crippen LogP contribution >= 0.6 is 0 Å². The predicted molar refractivity (Wildman–Crippen MR) is 89.2 cm³/mol. The van der Waals surface area contributed by atoms with Gasteiger partial charge in [-0.3, -0.25) is 9.59 Å². The highest BCUT2D eigenvalue weighted by atomic mass is 16.5. The lowest BCUT2D eigenvalue weighted by Crippen LogP contribution is -2.52. The number of carboxylic acids is 1. The molecule has 132 valence electrons. The molecule has 3 rings (SSSR count). The van der Waals surface area contributed by atoms with Gasteiger partial charge in [0.05, 0.1) is 30.1 Å². The Hall–Kier alpha value is -2.74. The molecule has 1 saturated heterocycles. The summed E-state index contributed by atoms with van der Waals surface area (Å²) < 4.78 is 6.54. The van der Waals surface area contributed by atoms with Gasteiger partial charge in [0.25, 0.3) is 5.56 Å². The molecule has 1 fully saturated rings. The van der Waals surface area contributed by atoms with Crippen LogP contribution in [0.2, 0.25) is 0 Å². The number of aliphatic carboxylic acids is 1. The molecule has 1 aromatic carbocycles. The highest BCUT2D eigenvalue weighted by molar-refractivity contribution is 5.88. The maximum Gasteiger partial charge on any atom is 0.334 e. The van der Waals surface area contributed by atoms with Gasteiger partial charge in [-0.25, -0.2) is 9.48 Å². The average molecular weight is 345 g/mol. The molecule has 2 atom stereocenters. The van der Waals surface area contributed by atoms with E-state index in [-0.39, 0.29) is 30.5 Å². The first-order valence-electron chi connectivity index (χ1n) is 7.97. The molecule has 0 bridgehead atoms. The first-order chi connectivity index (χ1) is 11.9. The van der Waals surface area contributed by atoms with Crippen molar-refractivity contribution >= 4 is 22.6 Å². The Bertz CT molecular complexity index is 891. The van der Waals surface area contributed by atoms with Crippen LogP contribution in [0, 0.1) is 0 Å². The van der Waals surface area contributed by atoms with Crippen molar-refractivity contribution in [2.75, 3.05) is 13.1 Å². The second-order valence-corrected chi connectivity index (χ2v) is 6.17. The fraction of sp³-hybridized carbons (Fsp3) is 0.412. The van der Waals surface area contributed by atoms with E-state index in [1.54, 1.807) is 38.2 Å². The SMILES string of the molecule is C[C@@H]1CN(C(=O)Cc2nn(C)c(=O)c3ccccc23)CC(C(=O)O)O1. The molecular weight excluding hydrogens is 326 g/mol. The van der Waals surface area contributed by atoms with Gasteiger partial charge in [0.15, 0.2) is 6.10 Å². The van der Waals surface area contributed by atoms with E-state index >= 15 is 0 Å². The second-order valence-electron chi connectivity index (χ2n) is 6.17. The van der Waals surface area contributed by atoms with E-state index in [1.165, 1.54) is 9.58 Å². The highest BCUT2D eigenvalue weighted by Crippen LogP contribution is 2.17. The van der Waals surface area contributed by atoms with E-state index in [0.717, 1.165) is 0 Å². The van der Waals surface area contributed by atoms with Gasteiger partial charge in [0.1, 0.15) is 0 Å². The number of aromatic nitrogens is 2. The number of amides is 1. The molecule has 1 unspecified atom stereocenters. The zero-order valence-electron chi connectivity index (χ0n) is 14.0. The van der Waals surface area contributed by atoms with Crippen LogP contribution in [0.1, 0.15) is 12.6 Å². The van der Waals surface area contributed by atoms with E-state index in [2.05, 4.69) is 5.10 Å². The number of morpholine rings is 1. The molecule has 1 N–H and O–H groups in total. The summed E-state index contributed by atoms with van der Waals surface area (Å²) >= 11 is 0. The number of benzene rings is 1. The Morgan fingerprint density at radius 1 is 1.28 bits per heavy atom. The van der Waals surface area contributed by atoms with Gasteiger partial charge in [-0.05, 0) is 13.0 Å². The summed E-state index contributed by atoms with van der Waals surface area (Å²) in [4.78, 5) is 37.5. The fourth-order valence-electron chi connectivity index (χ4n) is 3.05.